The van der Waals surface area contributed by atoms with Gasteiger partial charge in [0.15, 0.2) is 0 Å². The highest BCUT2D eigenvalue weighted by Crippen LogP contribution is 2.39. The van der Waals surface area contributed by atoms with Gasteiger partial charge in [-0.15, -0.1) is 0 Å². The van der Waals surface area contributed by atoms with Crippen molar-refractivity contribution in [3.63, 3.8) is 0 Å². The summed E-state index contributed by atoms with van der Waals surface area (Å²) in [5, 5.41) is 0.900. The number of epoxide rings is 1. The summed E-state index contributed by atoms with van der Waals surface area (Å²) in [7, 11) is 0. The average Bonchev–Trinajstić information content (AvgIpc) is 3.12. The van der Waals surface area contributed by atoms with Crippen molar-refractivity contribution in [2.45, 2.75) is 51.7 Å². The molecule has 1 saturated heterocycles. The number of rotatable bonds is 7. The summed E-state index contributed by atoms with van der Waals surface area (Å²) in [6.45, 7) is 7.20. The molecule has 0 bridgehead atoms. The maximum Gasteiger partial charge on any atom is 0.336 e. The van der Waals surface area contributed by atoms with E-state index in [1.165, 1.54) is 6.07 Å². The molecule has 1 aromatic heterocycles. The Morgan fingerprint density at radius 1 is 1.22 bits per heavy atom. The van der Waals surface area contributed by atoms with Gasteiger partial charge in [0.1, 0.15) is 11.3 Å². The van der Waals surface area contributed by atoms with Crippen LogP contribution in [-0.2, 0) is 4.74 Å². The number of hydrogen-bond donors (Lipinski definition) is 0. The molecule has 23 heavy (non-hydrogen) atoms. The van der Waals surface area contributed by atoms with Crippen LogP contribution >= 0.6 is 0 Å². The minimum atomic E-state index is -0.339. The Kier molecular flexibility index (Phi) is 4.44. The molecule has 2 atom stereocenters. The SMILES string of the molecule is C[C@@H](CCOc1ccc2ccc(=O)oc2c1)CCC1OC1(C)C. The van der Waals surface area contributed by atoms with Crippen molar-refractivity contribution in [1.82, 2.24) is 0 Å². The second-order valence-electron chi connectivity index (χ2n) is 6.98. The molecular formula is C19H24O4. The van der Waals surface area contributed by atoms with E-state index in [4.69, 9.17) is 13.9 Å². The van der Waals surface area contributed by atoms with Gasteiger partial charge in [-0.1, -0.05) is 6.92 Å². The van der Waals surface area contributed by atoms with Crippen molar-refractivity contribution in [3.8, 4) is 5.75 Å². The molecule has 0 amide bonds. The fraction of sp³-hybridized carbons (Fsp3) is 0.526. The van der Waals surface area contributed by atoms with E-state index < -0.39 is 0 Å². The van der Waals surface area contributed by atoms with Crippen LogP contribution in [0.3, 0.4) is 0 Å². The molecule has 1 unspecified atom stereocenters. The molecule has 2 aromatic rings. The molecule has 1 aromatic carbocycles. The molecule has 4 nitrogen and oxygen atoms in total. The molecule has 2 heterocycles. The quantitative estimate of drug-likeness (QED) is 0.568. The van der Waals surface area contributed by atoms with E-state index in [0.717, 1.165) is 30.4 Å². The number of benzene rings is 1. The Bertz CT molecular complexity index is 731. The van der Waals surface area contributed by atoms with Gasteiger partial charge >= 0.3 is 5.63 Å². The van der Waals surface area contributed by atoms with E-state index in [2.05, 4.69) is 20.8 Å². The first-order valence-electron chi connectivity index (χ1n) is 8.28. The van der Waals surface area contributed by atoms with Crippen LogP contribution in [0.4, 0.5) is 0 Å². The molecule has 3 rings (SSSR count). The van der Waals surface area contributed by atoms with Crippen LogP contribution in [-0.4, -0.2) is 18.3 Å². The number of ether oxygens (including phenoxy) is 2. The fourth-order valence-corrected chi connectivity index (χ4v) is 2.83. The van der Waals surface area contributed by atoms with Gasteiger partial charge in [-0.3, -0.25) is 0 Å². The predicted molar refractivity (Wildman–Crippen MR) is 89.9 cm³/mol. The Morgan fingerprint density at radius 2 is 1.96 bits per heavy atom. The van der Waals surface area contributed by atoms with Crippen molar-refractivity contribution < 1.29 is 13.9 Å². The lowest BCUT2D eigenvalue weighted by Gasteiger charge is -2.12. The molecule has 0 spiro atoms. The standard InChI is InChI=1S/C19H24O4/c1-13(4-8-17-19(2,3)23-17)10-11-21-15-7-5-14-6-9-18(20)22-16(14)12-15/h5-7,9,12-13,17H,4,8,10-11H2,1-3H3/t13-,17?/m1/s1. The summed E-state index contributed by atoms with van der Waals surface area (Å²) in [5.41, 5.74) is 0.315. The third kappa shape index (κ3) is 4.14. The van der Waals surface area contributed by atoms with Gasteiger partial charge < -0.3 is 13.9 Å². The molecule has 0 radical (unpaired) electrons. The maximum atomic E-state index is 11.3. The van der Waals surface area contributed by atoms with E-state index >= 15 is 0 Å². The Labute approximate surface area is 136 Å². The first-order valence-corrected chi connectivity index (χ1v) is 8.28. The highest BCUT2D eigenvalue weighted by Gasteiger charge is 2.46. The van der Waals surface area contributed by atoms with Crippen LogP contribution in [0.25, 0.3) is 11.0 Å². The van der Waals surface area contributed by atoms with Crippen LogP contribution < -0.4 is 10.4 Å². The zero-order valence-corrected chi connectivity index (χ0v) is 14.0. The summed E-state index contributed by atoms with van der Waals surface area (Å²) in [5.74, 6) is 1.35. The van der Waals surface area contributed by atoms with Gasteiger partial charge in [-0.2, -0.15) is 0 Å². The van der Waals surface area contributed by atoms with Crippen molar-refractivity contribution in [1.29, 1.82) is 0 Å². The highest BCUT2D eigenvalue weighted by atomic mass is 16.6. The topological polar surface area (TPSA) is 52.0 Å². The molecule has 1 fully saturated rings. The summed E-state index contributed by atoms with van der Waals surface area (Å²) in [6.07, 6.45) is 3.71. The van der Waals surface area contributed by atoms with Crippen molar-refractivity contribution in [2.24, 2.45) is 5.92 Å². The molecule has 0 N–H and O–H groups in total. The minimum Gasteiger partial charge on any atom is -0.493 e. The zero-order valence-electron chi connectivity index (χ0n) is 14.0. The van der Waals surface area contributed by atoms with Crippen LogP contribution in [0.2, 0.25) is 0 Å². The Morgan fingerprint density at radius 3 is 2.70 bits per heavy atom. The summed E-state index contributed by atoms with van der Waals surface area (Å²) < 4.78 is 16.6. The number of fused-ring (bicyclic) bond motifs is 1. The lowest BCUT2D eigenvalue weighted by molar-refractivity contribution is 0.271. The van der Waals surface area contributed by atoms with Crippen LogP contribution in [0, 0.1) is 5.92 Å². The molecule has 0 saturated carbocycles. The smallest absolute Gasteiger partial charge is 0.336 e. The van der Waals surface area contributed by atoms with E-state index in [1.807, 2.05) is 12.1 Å². The first-order chi connectivity index (χ1) is 10.9. The van der Waals surface area contributed by atoms with Gasteiger partial charge in [0.2, 0.25) is 0 Å². The number of hydrogen-bond acceptors (Lipinski definition) is 4. The third-order valence-corrected chi connectivity index (χ3v) is 4.56. The summed E-state index contributed by atoms with van der Waals surface area (Å²) in [6, 6.07) is 8.78. The molecule has 0 aliphatic carbocycles. The van der Waals surface area contributed by atoms with Crippen LogP contribution in [0.1, 0.15) is 40.0 Å². The second kappa shape index (κ2) is 6.36. The Hall–Kier alpha value is -1.81. The van der Waals surface area contributed by atoms with Gasteiger partial charge in [0.25, 0.3) is 0 Å². The fourth-order valence-electron chi connectivity index (χ4n) is 2.83. The molecular weight excluding hydrogens is 292 g/mol. The molecule has 124 valence electrons. The van der Waals surface area contributed by atoms with Gasteiger partial charge in [-0.05, 0) is 57.2 Å². The van der Waals surface area contributed by atoms with Gasteiger partial charge in [0.05, 0.1) is 18.3 Å². The summed E-state index contributed by atoms with van der Waals surface area (Å²) >= 11 is 0. The molecule has 4 heteroatoms. The zero-order chi connectivity index (χ0) is 16.4. The lowest BCUT2D eigenvalue weighted by Crippen LogP contribution is -2.08. The monoisotopic (exact) mass is 316 g/mol. The average molecular weight is 316 g/mol. The van der Waals surface area contributed by atoms with Crippen molar-refractivity contribution in [3.05, 3.63) is 40.8 Å². The van der Waals surface area contributed by atoms with Gasteiger partial charge in [0, 0.05) is 17.5 Å². The van der Waals surface area contributed by atoms with Crippen LogP contribution in [0.5, 0.6) is 5.75 Å². The van der Waals surface area contributed by atoms with Crippen LogP contribution in [0.15, 0.2) is 39.5 Å². The normalized spacial score (nSPS) is 20.4. The van der Waals surface area contributed by atoms with E-state index in [9.17, 15) is 4.79 Å². The summed E-state index contributed by atoms with van der Waals surface area (Å²) in [4.78, 5) is 11.3. The third-order valence-electron chi connectivity index (χ3n) is 4.56. The largest absolute Gasteiger partial charge is 0.493 e. The van der Waals surface area contributed by atoms with E-state index in [0.29, 0.717) is 24.2 Å². The lowest BCUT2D eigenvalue weighted by atomic mass is 9.98. The first kappa shape index (κ1) is 16.1. The minimum absolute atomic E-state index is 0.0885. The van der Waals surface area contributed by atoms with Crippen molar-refractivity contribution in [2.75, 3.05) is 6.61 Å². The van der Waals surface area contributed by atoms with E-state index in [-0.39, 0.29) is 11.2 Å². The molecule has 1 aliphatic heterocycles. The molecule has 1 aliphatic rings. The van der Waals surface area contributed by atoms with Crippen molar-refractivity contribution >= 4 is 11.0 Å². The Balaban J connectivity index is 1.45. The highest BCUT2D eigenvalue weighted by molar-refractivity contribution is 5.77. The van der Waals surface area contributed by atoms with E-state index in [1.54, 1.807) is 12.1 Å². The van der Waals surface area contributed by atoms with Gasteiger partial charge in [-0.25, -0.2) is 4.79 Å². The second-order valence-corrected chi connectivity index (χ2v) is 6.98. The maximum absolute atomic E-state index is 11.3. The predicted octanol–water partition coefficient (Wildman–Crippen LogP) is 4.16.